The first-order valence-electron chi connectivity index (χ1n) is 10.7. The maximum atomic E-state index is 11.4. The van der Waals surface area contributed by atoms with E-state index in [0.717, 1.165) is 66.0 Å². The van der Waals surface area contributed by atoms with Gasteiger partial charge in [-0.3, -0.25) is 4.79 Å². The van der Waals surface area contributed by atoms with Crippen molar-refractivity contribution in [3.05, 3.63) is 78.4 Å². The number of hydrogen-bond acceptors (Lipinski definition) is 4. The average molecular weight is 419 g/mol. The minimum Gasteiger partial charge on any atom is -0.494 e. The number of rotatable bonds is 11. The van der Waals surface area contributed by atoms with E-state index in [2.05, 4.69) is 36.4 Å². The van der Waals surface area contributed by atoms with E-state index < -0.39 is 0 Å². The summed E-state index contributed by atoms with van der Waals surface area (Å²) in [5.74, 6) is 0.676. The average Bonchev–Trinajstić information content (AvgIpc) is 2.82. The normalized spacial score (nSPS) is 10.6. The van der Waals surface area contributed by atoms with Crippen molar-refractivity contribution in [1.29, 1.82) is 0 Å². The molecule has 162 valence electrons. The lowest BCUT2D eigenvalue weighted by molar-refractivity contribution is -0.139. The molecule has 0 saturated heterocycles. The Labute approximate surface area is 184 Å². The Morgan fingerprint density at radius 2 is 1.13 bits per heavy atom. The van der Waals surface area contributed by atoms with E-state index in [1.807, 2.05) is 36.4 Å². The number of hydrogen-bond donors (Lipinski definition) is 0. The highest BCUT2D eigenvalue weighted by molar-refractivity contribution is 5.74. The summed E-state index contributed by atoms with van der Waals surface area (Å²) in [5, 5.41) is 0. The standard InChI is InChI=1S/C27H30O4/c1-29-18-4-3-5-19-31-26-16-14-25(15-17-26)24-12-10-23(11-13-24)22-8-6-21(7-9-22)20-27(28)30-2/h6-17H,3-5,18-20H2,1-2H3. The van der Waals surface area contributed by atoms with Crippen LogP contribution in [-0.2, 0) is 20.7 Å². The lowest BCUT2D eigenvalue weighted by atomic mass is 9.99. The maximum Gasteiger partial charge on any atom is 0.309 e. The quantitative estimate of drug-likeness (QED) is 0.286. The van der Waals surface area contributed by atoms with Gasteiger partial charge in [0, 0.05) is 13.7 Å². The maximum absolute atomic E-state index is 11.4. The van der Waals surface area contributed by atoms with Crippen molar-refractivity contribution in [1.82, 2.24) is 0 Å². The summed E-state index contributed by atoms with van der Waals surface area (Å²) in [5.41, 5.74) is 5.53. The van der Waals surface area contributed by atoms with Gasteiger partial charge in [-0.25, -0.2) is 0 Å². The summed E-state index contributed by atoms with van der Waals surface area (Å²) >= 11 is 0. The van der Waals surface area contributed by atoms with Crippen LogP contribution in [0.3, 0.4) is 0 Å². The summed E-state index contributed by atoms with van der Waals surface area (Å²) in [4.78, 5) is 11.4. The molecule has 0 unspecified atom stereocenters. The molecule has 0 amide bonds. The topological polar surface area (TPSA) is 44.8 Å². The summed E-state index contributed by atoms with van der Waals surface area (Å²) in [7, 11) is 3.14. The first-order valence-corrected chi connectivity index (χ1v) is 10.7. The number of carbonyl (C=O) groups excluding carboxylic acids is 1. The van der Waals surface area contributed by atoms with Crippen molar-refractivity contribution < 1.29 is 19.0 Å². The molecule has 4 heteroatoms. The molecule has 3 aromatic carbocycles. The second kappa shape index (κ2) is 11.9. The van der Waals surface area contributed by atoms with Gasteiger partial charge in [-0.05, 0) is 59.2 Å². The van der Waals surface area contributed by atoms with Gasteiger partial charge < -0.3 is 14.2 Å². The number of unbranched alkanes of at least 4 members (excludes halogenated alkanes) is 2. The van der Waals surface area contributed by atoms with Crippen molar-refractivity contribution in [2.45, 2.75) is 25.7 Å². The Kier molecular flexibility index (Phi) is 8.68. The summed E-state index contributed by atoms with van der Waals surface area (Å²) < 4.78 is 15.6. The molecule has 3 rings (SSSR count). The van der Waals surface area contributed by atoms with E-state index in [9.17, 15) is 4.79 Å². The molecule has 0 heterocycles. The fraction of sp³-hybridized carbons (Fsp3) is 0.296. The molecule has 0 fully saturated rings. The molecule has 0 bridgehead atoms. The van der Waals surface area contributed by atoms with Crippen LogP contribution in [-0.4, -0.2) is 33.4 Å². The van der Waals surface area contributed by atoms with Gasteiger partial charge in [-0.1, -0.05) is 60.7 Å². The number of carbonyl (C=O) groups is 1. The van der Waals surface area contributed by atoms with E-state index in [0.29, 0.717) is 6.42 Å². The highest BCUT2D eigenvalue weighted by Gasteiger charge is 2.05. The van der Waals surface area contributed by atoms with Crippen LogP contribution in [0, 0.1) is 0 Å². The fourth-order valence-corrected chi connectivity index (χ4v) is 3.37. The van der Waals surface area contributed by atoms with Crippen LogP contribution in [0.4, 0.5) is 0 Å². The van der Waals surface area contributed by atoms with E-state index in [1.54, 1.807) is 7.11 Å². The summed E-state index contributed by atoms with van der Waals surface area (Å²) in [6, 6.07) is 24.7. The fourth-order valence-electron chi connectivity index (χ4n) is 3.37. The van der Waals surface area contributed by atoms with Gasteiger partial charge in [0.15, 0.2) is 0 Å². The number of esters is 1. The van der Waals surface area contributed by atoms with Crippen LogP contribution in [0.25, 0.3) is 22.3 Å². The van der Waals surface area contributed by atoms with Gasteiger partial charge in [0.25, 0.3) is 0 Å². The van der Waals surface area contributed by atoms with Crippen LogP contribution in [0.2, 0.25) is 0 Å². The Balaban J connectivity index is 1.55. The molecule has 31 heavy (non-hydrogen) atoms. The zero-order valence-electron chi connectivity index (χ0n) is 18.3. The lowest BCUT2D eigenvalue weighted by Gasteiger charge is -2.09. The van der Waals surface area contributed by atoms with Crippen LogP contribution in [0.15, 0.2) is 72.8 Å². The molecule has 0 N–H and O–H groups in total. The molecule has 0 aliphatic heterocycles. The molecule has 0 aliphatic carbocycles. The number of methoxy groups -OCH3 is 2. The van der Waals surface area contributed by atoms with Gasteiger partial charge in [-0.15, -0.1) is 0 Å². The Morgan fingerprint density at radius 3 is 1.65 bits per heavy atom. The molecule has 0 radical (unpaired) electrons. The molecule has 0 saturated carbocycles. The molecule has 0 spiro atoms. The van der Waals surface area contributed by atoms with Gasteiger partial charge >= 0.3 is 5.97 Å². The SMILES string of the molecule is COCCCCCOc1ccc(-c2ccc(-c3ccc(CC(=O)OC)cc3)cc2)cc1. The largest absolute Gasteiger partial charge is 0.494 e. The van der Waals surface area contributed by atoms with Gasteiger partial charge in [0.1, 0.15) is 5.75 Å². The zero-order chi connectivity index (χ0) is 21.9. The van der Waals surface area contributed by atoms with Crippen molar-refractivity contribution >= 4 is 5.97 Å². The van der Waals surface area contributed by atoms with Crippen LogP contribution in [0.5, 0.6) is 5.75 Å². The Hall–Kier alpha value is -3.11. The molecule has 3 aromatic rings. The number of benzene rings is 3. The minimum absolute atomic E-state index is 0.226. The van der Waals surface area contributed by atoms with Crippen LogP contribution < -0.4 is 4.74 Å². The first kappa shape index (κ1) is 22.6. The highest BCUT2D eigenvalue weighted by Crippen LogP contribution is 2.26. The highest BCUT2D eigenvalue weighted by atomic mass is 16.5. The van der Waals surface area contributed by atoms with Crippen molar-refractivity contribution in [3.8, 4) is 28.0 Å². The minimum atomic E-state index is -0.226. The van der Waals surface area contributed by atoms with E-state index in [1.165, 1.54) is 7.11 Å². The van der Waals surface area contributed by atoms with E-state index >= 15 is 0 Å². The number of ether oxygens (including phenoxy) is 3. The van der Waals surface area contributed by atoms with Crippen molar-refractivity contribution in [3.63, 3.8) is 0 Å². The smallest absolute Gasteiger partial charge is 0.309 e. The first-order chi connectivity index (χ1) is 15.2. The molecule has 0 aliphatic rings. The van der Waals surface area contributed by atoms with Crippen molar-refractivity contribution in [2.24, 2.45) is 0 Å². The van der Waals surface area contributed by atoms with Gasteiger partial charge in [0.2, 0.25) is 0 Å². The molecular formula is C27H30O4. The third-order valence-electron chi connectivity index (χ3n) is 5.20. The molecule has 4 nitrogen and oxygen atoms in total. The summed E-state index contributed by atoms with van der Waals surface area (Å²) in [6.07, 6.45) is 3.53. The molecule has 0 aromatic heterocycles. The molecular weight excluding hydrogens is 388 g/mol. The Morgan fingerprint density at radius 1 is 0.645 bits per heavy atom. The zero-order valence-corrected chi connectivity index (χ0v) is 18.3. The summed E-state index contributed by atoms with van der Waals surface area (Å²) in [6.45, 7) is 1.55. The van der Waals surface area contributed by atoms with Gasteiger partial charge in [-0.2, -0.15) is 0 Å². The van der Waals surface area contributed by atoms with Crippen LogP contribution >= 0.6 is 0 Å². The lowest BCUT2D eigenvalue weighted by Crippen LogP contribution is -2.04. The predicted octanol–water partition coefficient (Wildman–Crippen LogP) is 5.93. The second-order valence-electron chi connectivity index (χ2n) is 7.45. The van der Waals surface area contributed by atoms with E-state index in [-0.39, 0.29) is 5.97 Å². The van der Waals surface area contributed by atoms with Crippen LogP contribution in [0.1, 0.15) is 24.8 Å². The monoisotopic (exact) mass is 418 g/mol. The Bertz CT molecular complexity index is 928. The molecule has 0 atom stereocenters. The van der Waals surface area contributed by atoms with E-state index in [4.69, 9.17) is 14.2 Å². The second-order valence-corrected chi connectivity index (χ2v) is 7.45. The third kappa shape index (κ3) is 6.97. The third-order valence-corrected chi connectivity index (χ3v) is 5.20. The van der Waals surface area contributed by atoms with Gasteiger partial charge in [0.05, 0.1) is 20.1 Å². The van der Waals surface area contributed by atoms with Crippen molar-refractivity contribution in [2.75, 3.05) is 27.4 Å². The predicted molar refractivity (Wildman–Crippen MR) is 124 cm³/mol.